The van der Waals surface area contributed by atoms with Gasteiger partial charge in [-0.1, -0.05) is 34.6 Å². The van der Waals surface area contributed by atoms with Gasteiger partial charge in [0.05, 0.1) is 0 Å². The number of amidine groups is 2. The third-order valence-electron chi connectivity index (χ3n) is 17.2. The van der Waals surface area contributed by atoms with Crippen molar-refractivity contribution in [1.29, 1.82) is 0 Å². The van der Waals surface area contributed by atoms with Gasteiger partial charge in [0.15, 0.2) is 32.2 Å². The minimum absolute atomic E-state index is 0. The molecule has 3 saturated heterocycles. The van der Waals surface area contributed by atoms with E-state index >= 15 is 0 Å². The number of likely N-dealkylation sites (N-methyl/N-ethyl adjacent to an activating group) is 2. The fourth-order valence-corrected chi connectivity index (χ4v) is 14.3. The predicted octanol–water partition coefficient (Wildman–Crippen LogP) is 14.9. The second-order valence-electron chi connectivity index (χ2n) is 26.9. The predicted molar refractivity (Wildman–Crippen MR) is 438 cm³/mol. The molecule has 25 nitrogen and oxygen atoms in total. The van der Waals surface area contributed by atoms with Crippen LogP contribution in [0, 0.1) is 24.2 Å². The molecule has 560 valence electrons. The Hall–Kier alpha value is -8.87. The average molecular weight is 1480 g/mol. The molecule has 102 heavy (non-hydrogen) atoms. The Bertz CT molecular complexity index is 4130. The first kappa shape index (κ1) is 77.3. The summed E-state index contributed by atoms with van der Waals surface area (Å²) in [6.07, 6.45) is 13.6. The zero-order chi connectivity index (χ0) is 73.0. The maximum atomic E-state index is 12.0. The molecule has 11 rings (SSSR count). The van der Waals surface area contributed by atoms with Crippen molar-refractivity contribution >= 4 is 133 Å². The molecule has 7 aromatic rings. The van der Waals surface area contributed by atoms with Crippen molar-refractivity contribution in [1.82, 2.24) is 45.1 Å². The van der Waals surface area contributed by atoms with E-state index in [0.717, 1.165) is 143 Å². The number of carbonyl (C=O) groups excluding carboxylic acids is 3. The van der Waals surface area contributed by atoms with Gasteiger partial charge in [-0.3, -0.25) is 14.4 Å². The van der Waals surface area contributed by atoms with Crippen molar-refractivity contribution in [2.45, 2.75) is 155 Å². The van der Waals surface area contributed by atoms with Crippen LogP contribution in [0.2, 0.25) is 0 Å². The highest BCUT2D eigenvalue weighted by Crippen LogP contribution is 2.39. The van der Waals surface area contributed by atoms with Crippen molar-refractivity contribution in [3.05, 3.63) is 126 Å². The summed E-state index contributed by atoms with van der Waals surface area (Å²) in [4.78, 5) is 90.3. The van der Waals surface area contributed by atoms with Crippen LogP contribution in [0.5, 0.6) is 0 Å². The Kier molecular flexibility index (Phi) is 27.9. The van der Waals surface area contributed by atoms with E-state index < -0.39 is 0 Å². The summed E-state index contributed by atoms with van der Waals surface area (Å²) < 4.78 is 0. The first-order valence-corrected chi connectivity index (χ1v) is 37.8. The van der Waals surface area contributed by atoms with Crippen molar-refractivity contribution < 1.29 is 27.2 Å². The van der Waals surface area contributed by atoms with E-state index in [0.29, 0.717) is 86.4 Å². The summed E-state index contributed by atoms with van der Waals surface area (Å²) in [5.41, 5.74) is 27.3. The van der Waals surface area contributed by atoms with Crippen molar-refractivity contribution in [3.8, 4) is 0 Å². The van der Waals surface area contributed by atoms with Gasteiger partial charge >= 0.3 is 0 Å². The van der Waals surface area contributed by atoms with Gasteiger partial charge in [-0.25, -0.2) is 44.9 Å². The van der Waals surface area contributed by atoms with E-state index in [9.17, 15) is 14.4 Å². The Morgan fingerprint density at radius 3 is 1.51 bits per heavy atom. The summed E-state index contributed by atoms with van der Waals surface area (Å²) in [7, 11) is 6.21. The van der Waals surface area contributed by atoms with Crippen molar-refractivity contribution in [3.63, 3.8) is 0 Å². The molecule has 3 aliphatic heterocycles. The van der Waals surface area contributed by atoms with Crippen LogP contribution in [-0.2, 0) is 14.4 Å². The van der Waals surface area contributed by atoms with Gasteiger partial charge in [-0.15, -0.1) is 11.3 Å². The molecule has 13 N–H and O–H groups in total. The molecule has 1 aliphatic carbocycles. The molecule has 29 heteroatoms. The highest BCUT2D eigenvalue weighted by Gasteiger charge is 2.32. The molecule has 7 heterocycles. The van der Waals surface area contributed by atoms with Crippen LogP contribution >= 0.6 is 46.6 Å². The Morgan fingerprint density at radius 1 is 0.618 bits per heavy atom. The quantitative estimate of drug-likeness (QED) is 0.0163. The highest BCUT2D eigenvalue weighted by molar-refractivity contribution is 7.99. The number of aliphatic imine (C=N–C) groups is 2. The second kappa shape index (κ2) is 36.8. The number of rotatable bonds is 23. The van der Waals surface area contributed by atoms with E-state index in [-0.39, 0.29) is 36.5 Å². The lowest BCUT2D eigenvalue weighted by atomic mass is 9.75. The number of hydrogen-bond acceptors (Lipinski definition) is 24. The van der Waals surface area contributed by atoms with E-state index in [1.807, 2.05) is 125 Å². The van der Waals surface area contributed by atoms with Gasteiger partial charge in [-0.2, -0.15) is 0 Å². The Labute approximate surface area is 629 Å². The number of nitrogens with zero attached hydrogens (tertiary/aromatic N) is 13. The molecule has 0 bridgehead atoms. The number of amides is 3. The Morgan fingerprint density at radius 2 is 1.08 bits per heavy atom. The average Bonchev–Trinajstić information content (AvgIpc) is 1.73. The van der Waals surface area contributed by atoms with Gasteiger partial charge in [0.2, 0.25) is 17.7 Å². The van der Waals surface area contributed by atoms with E-state index in [4.69, 9.17) is 42.9 Å². The molecule has 3 aromatic carbocycles. The lowest BCUT2D eigenvalue weighted by Crippen LogP contribution is -2.44. The molecule has 1 saturated carbocycles. The van der Waals surface area contributed by atoms with Crippen LogP contribution in [0.25, 0.3) is 0 Å². The van der Waals surface area contributed by atoms with E-state index in [2.05, 4.69) is 106 Å². The SMILES string of the molecule is CCC(=O)Nc1ccc(Sc2nc(N=C(N)C=C(C)N)cc(N3CCC(C(C)(C)C)CC3)n2)cc1.CCC(=O)Nc1ccc(Sc2nc(N=C(N)C=C(C)N)cc(N3CC[C@H](N(C)C)C3)n2)cc1.CN[C@H]1CCCN(c2cc(Nc3ncc(C)s3)nc(Sc3ccc(NC(=O)C4CC4)cc3)n2)C1.[HH].[HH].[HH].[HH].[HH].[HH].[HH].[HH].[HH]. The van der Waals surface area contributed by atoms with Crippen LogP contribution < -0.4 is 64.2 Å². The maximum absolute atomic E-state index is 12.0. The van der Waals surface area contributed by atoms with Gasteiger partial charge in [0.1, 0.15) is 34.9 Å². The minimum atomic E-state index is -0.0186. The monoisotopic (exact) mass is 1480 g/mol. The van der Waals surface area contributed by atoms with Crippen LogP contribution in [0.1, 0.15) is 124 Å². The van der Waals surface area contributed by atoms with Gasteiger partial charge < -0.3 is 69.1 Å². The van der Waals surface area contributed by atoms with E-state index in [1.165, 1.54) is 41.7 Å². The summed E-state index contributed by atoms with van der Waals surface area (Å²) in [6, 6.07) is 29.8. The first-order chi connectivity index (χ1) is 48.8. The third kappa shape index (κ3) is 24.4. The summed E-state index contributed by atoms with van der Waals surface area (Å²) >= 11 is 6.00. The van der Waals surface area contributed by atoms with Crippen molar-refractivity contribution in [2.24, 2.45) is 50.2 Å². The number of aryl methyl sites for hydroxylation is 1. The highest BCUT2D eigenvalue weighted by atomic mass is 32.2. The molecule has 0 unspecified atom stereocenters. The fraction of sp³-hybridized carbons (Fsp3) is 0.425. The summed E-state index contributed by atoms with van der Waals surface area (Å²) in [5, 5.41) is 18.1. The number of nitrogens with one attached hydrogen (secondary N) is 5. The molecule has 2 atom stereocenters. The maximum Gasteiger partial charge on any atom is 0.227 e. The number of hydrogen-bond donors (Lipinski definition) is 9. The molecule has 0 spiro atoms. The lowest BCUT2D eigenvalue weighted by molar-refractivity contribution is -0.117. The van der Waals surface area contributed by atoms with Crippen LogP contribution in [0.15, 0.2) is 161 Å². The second-order valence-corrected chi connectivity index (χ2v) is 31.2. The number of benzene rings is 3. The largest absolute Gasteiger partial charge is 0.402 e. The number of piperidine rings is 2. The number of allylic oxidation sites excluding steroid dienone is 2. The number of nitrogens with two attached hydrogens (primary N) is 4. The standard InChI is InChI=1S/C26H37N7OS.C24H29N7OS2.C23H32N8OS.9H2/c1-6-24(34)29-19-7-9-20(10-8-19)35-25-31-22(30-21(28)15-17(2)27)16-23(32-25)33-13-11-18(12-14-33)26(3,4)5;1-15-13-26-23(33-15)28-20-12-21(31-11-3-4-18(14-31)25-2)30-24(29-20)34-19-9-7-17(8-10-19)27-22(32)16-5-6-16;1-5-22(32)26-16-6-8-18(9-7-16)33-23-28-20(27-19(25)12-15(2)24)13-21(29-23)31-11-10-17(14-31)30(3)4;;;;;;;;;/h7-10,15-16,18H,6,11-14,27H2,1-5H3,(H,29,34)(H2,28,30,31,32);7-10,12-13,16,18,25H,3-6,11,14H2,1-2H3,(H,27,32)(H,26,28,29,30);6-9,12-13,17H,5,10-11,14,24H2,1-4H3,(H,26,32)(H2,25,27,28,29);9*1H/t;18-;17-;;;;;;;;;/m.00........./s1. The zero-order valence-corrected chi connectivity index (χ0v) is 63.6. The molecule has 4 aliphatic rings. The number of carbonyl (C=O) groups is 3. The number of anilines is 8. The summed E-state index contributed by atoms with van der Waals surface area (Å²) in [5.74, 6) is 5.86. The molecular formula is C73H116N22O3S4. The van der Waals surface area contributed by atoms with Gasteiger partial charge in [0, 0.05) is 155 Å². The van der Waals surface area contributed by atoms with Crippen LogP contribution in [0.3, 0.4) is 0 Å². The molecule has 4 fully saturated rings. The third-order valence-corrected chi connectivity index (χ3v) is 20.6. The topological polar surface area (TPSA) is 343 Å². The van der Waals surface area contributed by atoms with Crippen molar-refractivity contribution in [2.75, 3.05) is 96.4 Å². The smallest absolute Gasteiger partial charge is 0.227 e. The van der Waals surface area contributed by atoms with Crippen LogP contribution in [0.4, 0.5) is 57.1 Å². The van der Waals surface area contributed by atoms with Gasteiger partial charge in [-0.05, 0) is 218 Å². The van der Waals surface area contributed by atoms with Gasteiger partial charge in [0.25, 0.3) is 0 Å². The minimum Gasteiger partial charge on any atom is -0.402 e. The molecule has 4 aromatic heterocycles. The summed E-state index contributed by atoms with van der Waals surface area (Å²) in [6.45, 7) is 21.7. The molecule has 3 amide bonds. The normalized spacial score (nSPS) is 17.0. The number of aromatic nitrogens is 7. The number of thiazole rings is 1. The molecular weight excluding hydrogens is 1360 g/mol. The lowest BCUT2D eigenvalue weighted by Gasteiger charge is -2.39. The molecule has 0 radical (unpaired) electrons. The zero-order valence-electron chi connectivity index (χ0n) is 60.3. The Balaban J connectivity index is 0.00000157. The first-order valence-electron chi connectivity index (χ1n) is 34.6. The van der Waals surface area contributed by atoms with E-state index in [1.54, 1.807) is 37.3 Å². The fourth-order valence-electron chi connectivity index (χ4n) is 11.3. The van der Waals surface area contributed by atoms with Crippen LogP contribution in [-0.4, -0.2) is 142 Å².